The topological polar surface area (TPSA) is 4.93 Å². The van der Waals surface area contributed by atoms with Crippen molar-refractivity contribution in [2.24, 2.45) is 0 Å². The van der Waals surface area contributed by atoms with E-state index in [0.29, 0.717) is 11.8 Å². The molecule has 12 rings (SSSR count). The summed E-state index contributed by atoms with van der Waals surface area (Å²) in [5.74, 6) is 0.790. The molecule has 2 atom stereocenters. The largest absolute Gasteiger partial charge is 0.309 e. The normalized spacial score (nSPS) is 15.2. The monoisotopic (exact) mass is 779 g/mol. The lowest BCUT2D eigenvalue weighted by molar-refractivity contribution is 0.616. The zero-order chi connectivity index (χ0) is 40.3. The van der Waals surface area contributed by atoms with Gasteiger partial charge < -0.3 is 4.57 Å². The third kappa shape index (κ3) is 6.23. The summed E-state index contributed by atoms with van der Waals surface area (Å²) in [5, 5.41) is 2.55. The van der Waals surface area contributed by atoms with Crippen molar-refractivity contribution in [3.63, 3.8) is 0 Å². The molecule has 0 saturated heterocycles. The van der Waals surface area contributed by atoms with Gasteiger partial charge in [-0.3, -0.25) is 0 Å². The van der Waals surface area contributed by atoms with E-state index in [0.717, 1.165) is 25.7 Å². The van der Waals surface area contributed by atoms with Crippen LogP contribution in [-0.4, -0.2) is 4.57 Å². The number of aromatic nitrogens is 1. The Bertz CT molecular complexity index is 3250. The maximum Gasteiger partial charge on any atom is 0.0541 e. The molecule has 10 aromatic rings. The molecule has 2 aliphatic rings. The van der Waals surface area contributed by atoms with Crippen molar-refractivity contribution in [3.8, 4) is 50.2 Å². The van der Waals surface area contributed by atoms with Crippen LogP contribution in [0.15, 0.2) is 212 Å². The van der Waals surface area contributed by atoms with Gasteiger partial charge in [-0.25, -0.2) is 0 Å². The number of hydrogen-bond donors (Lipinski definition) is 0. The first-order chi connectivity index (χ1) is 30.2. The van der Waals surface area contributed by atoms with Gasteiger partial charge in [-0.15, -0.1) is 0 Å². The molecule has 1 nitrogen and oxygen atoms in total. The van der Waals surface area contributed by atoms with Gasteiger partial charge in [0, 0.05) is 22.4 Å². The van der Waals surface area contributed by atoms with Crippen LogP contribution in [-0.2, 0) is 19.3 Å². The SMILES string of the molecule is c1ccc(CCC2Cc3ccccc3-c3cc(-c4ccc5c(c4)-c4cc(-c6ccc7c(c6)c6ccccc6n7-c6ccccc6)ccc4CC5c4ccccc4)ccc32)cc1. The molecule has 0 N–H and O–H groups in total. The minimum atomic E-state index is 0.296. The third-order valence-corrected chi connectivity index (χ3v) is 13.7. The van der Waals surface area contributed by atoms with Crippen LogP contribution in [0.4, 0.5) is 0 Å². The van der Waals surface area contributed by atoms with Crippen LogP contribution in [0.1, 0.15) is 51.6 Å². The van der Waals surface area contributed by atoms with Crippen LogP contribution in [0.25, 0.3) is 72.0 Å². The van der Waals surface area contributed by atoms with Crippen LogP contribution in [0, 0.1) is 0 Å². The van der Waals surface area contributed by atoms with Crippen molar-refractivity contribution < 1.29 is 0 Å². The third-order valence-electron chi connectivity index (χ3n) is 13.7. The molecular formula is C60H45N. The molecule has 2 unspecified atom stereocenters. The molecule has 0 bridgehead atoms. The molecule has 0 spiro atoms. The predicted molar refractivity (Wildman–Crippen MR) is 256 cm³/mol. The highest BCUT2D eigenvalue weighted by atomic mass is 15.0. The van der Waals surface area contributed by atoms with Gasteiger partial charge in [0.15, 0.2) is 0 Å². The number of fused-ring (bicyclic) bond motifs is 9. The first-order valence-corrected chi connectivity index (χ1v) is 21.9. The van der Waals surface area contributed by atoms with E-state index in [4.69, 9.17) is 0 Å². The van der Waals surface area contributed by atoms with Crippen molar-refractivity contribution in [1.29, 1.82) is 0 Å². The summed E-state index contributed by atoms with van der Waals surface area (Å²) in [6, 6.07) is 79.6. The molecule has 1 aromatic heterocycles. The molecule has 0 fully saturated rings. The molecule has 0 amide bonds. The highest BCUT2D eigenvalue weighted by molar-refractivity contribution is 6.10. The van der Waals surface area contributed by atoms with E-state index in [2.05, 4.69) is 217 Å². The average molecular weight is 780 g/mol. The molecule has 0 saturated carbocycles. The molecule has 1 heterocycles. The highest BCUT2D eigenvalue weighted by Crippen LogP contribution is 2.48. The second-order valence-corrected chi connectivity index (χ2v) is 17.1. The average Bonchev–Trinajstić information content (AvgIpc) is 3.67. The highest BCUT2D eigenvalue weighted by Gasteiger charge is 2.28. The maximum absolute atomic E-state index is 2.49. The summed E-state index contributed by atoms with van der Waals surface area (Å²) in [5.41, 5.74) is 22.7. The first-order valence-electron chi connectivity index (χ1n) is 21.9. The molecule has 61 heavy (non-hydrogen) atoms. The molecule has 0 aliphatic heterocycles. The number of rotatable bonds is 7. The Morgan fingerprint density at radius 1 is 0.393 bits per heavy atom. The standard InChI is InChI=1S/C60H45N/c1-4-14-40(15-5-1)24-25-47-34-46-18-10-11-21-50(46)56-36-43(28-31-51(47)56)44-29-32-52-54(41-16-6-2-7-17-41)39-48-27-26-42(35-55(48)57(52)37-44)45-30-33-60-58(38-45)53-22-12-13-23-59(53)61(60)49-19-8-3-9-20-49/h1-23,26-33,35-38,47,54H,24-25,34,39H2. The minimum Gasteiger partial charge on any atom is -0.309 e. The lowest BCUT2D eigenvalue weighted by atomic mass is 9.74. The second-order valence-electron chi connectivity index (χ2n) is 17.1. The van der Waals surface area contributed by atoms with E-state index in [9.17, 15) is 0 Å². The van der Waals surface area contributed by atoms with Gasteiger partial charge in [-0.2, -0.15) is 0 Å². The lowest BCUT2D eigenvalue weighted by Crippen LogP contribution is -2.13. The summed E-state index contributed by atoms with van der Waals surface area (Å²) >= 11 is 0. The van der Waals surface area contributed by atoms with Crippen LogP contribution >= 0.6 is 0 Å². The fourth-order valence-corrected chi connectivity index (χ4v) is 10.7. The molecule has 1 heteroatoms. The van der Waals surface area contributed by atoms with E-state index in [1.54, 1.807) is 0 Å². The Labute approximate surface area is 358 Å². The van der Waals surface area contributed by atoms with E-state index in [-0.39, 0.29) is 0 Å². The fraction of sp³-hybridized carbons (Fsp3) is 0.100. The Hall–Kier alpha value is -7.22. The summed E-state index contributed by atoms with van der Waals surface area (Å²) in [7, 11) is 0. The van der Waals surface area contributed by atoms with E-state index in [1.165, 1.54) is 105 Å². The van der Waals surface area contributed by atoms with Gasteiger partial charge in [0.1, 0.15) is 0 Å². The minimum absolute atomic E-state index is 0.296. The zero-order valence-corrected chi connectivity index (χ0v) is 34.1. The Morgan fingerprint density at radius 3 is 1.77 bits per heavy atom. The summed E-state index contributed by atoms with van der Waals surface area (Å²) < 4.78 is 2.40. The molecular weight excluding hydrogens is 735 g/mol. The van der Waals surface area contributed by atoms with Gasteiger partial charge in [0.25, 0.3) is 0 Å². The van der Waals surface area contributed by atoms with Crippen molar-refractivity contribution in [2.45, 2.75) is 37.5 Å². The van der Waals surface area contributed by atoms with Crippen LogP contribution in [0.5, 0.6) is 0 Å². The predicted octanol–water partition coefficient (Wildman–Crippen LogP) is 15.4. The van der Waals surface area contributed by atoms with Crippen LogP contribution < -0.4 is 0 Å². The Balaban J connectivity index is 0.968. The quantitative estimate of drug-likeness (QED) is 0.152. The van der Waals surface area contributed by atoms with Gasteiger partial charge in [-0.05, 0) is 158 Å². The van der Waals surface area contributed by atoms with Crippen LogP contribution in [0.2, 0.25) is 0 Å². The van der Waals surface area contributed by atoms with Gasteiger partial charge in [-0.1, -0.05) is 164 Å². The summed E-state index contributed by atoms with van der Waals surface area (Å²) in [4.78, 5) is 0. The molecule has 2 aliphatic carbocycles. The summed E-state index contributed by atoms with van der Waals surface area (Å²) in [6.07, 6.45) is 4.31. The van der Waals surface area contributed by atoms with Gasteiger partial charge in [0.05, 0.1) is 11.0 Å². The maximum atomic E-state index is 2.49. The number of hydrogen-bond acceptors (Lipinski definition) is 0. The van der Waals surface area contributed by atoms with E-state index >= 15 is 0 Å². The number of nitrogens with zero attached hydrogens (tertiary/aromatic N) is 1. The Kier molecular flexibility index (Phi) is 8.66. The molecule has 0 radical (unpaired) electrons. The number of para-hydroxylation sites is 2. The second kappa shape index (κ2) is 14.8. The summed E-state index contributed by atoms with van der Waals surface area (Å²) in [6.45, 7) is 0. The van der Waals surface area contributed by atoms with Crippen molar-refractivity contribution in [3.05, 3.63) is 246 Å². The van der Waals surface area contributed by atoms with Crippen molar-refractivity contribution in [2.75, 3.05) is 0 Å². The number of benzene rings is 9. The van der Waals surface area contributed by atoms with E-state index < -0.39 is 0 Å². The first kappa shape index (κ1) is 35.7. The van der Waals surface area contributed by atoms with Gasteiger partial charge >= 0.3 is 0 Å². The molecule has 9 aromatic carbocycles. The van der Waals surface area contributed by atoms with Crippen molar-refractivity contribution in [1.82, 2.24) is 4.57 Å². The molecule has 290 valence electrons. The van der Waals surface area contributed by atoms with Crippen molar-refractivity contribution >= 4 is 21.8 Å². The lowest BCUT2D eigenvalue weighted by Gasteiger charge is -2.30. The smallest absolute Gasteiger partial charge is 0.0541 e. The fourth-order valence-electron chi connectivity index (χ4n) is 10.7. The Morgan fingerprint density at radius 2 is 0.967 bits per heavy atom. The zero-order valence-electron chi connectivity index (χ0n) is 34.1. The number of aryl methyl sites for hydroxylation is 1. The van der Waals surface area contributed by atoms with Crippen LogP contribution in [0.3, 0.4) is 0 Å². The van der Waals surface area contributed by atoms with Gasteiger partial charge in [0.2, 0.25) is 0 Å². The van der Waals surface area contributed by atoms with E-state index in [1.807, 2.05) is 0 Å².